The Morgan fingerprint density at radius 1 is 0.971 bits per heavy atom. The molecule has 5 rings (SSSR count). The zero-order valence-electron chi connectivity index (χ0n) is 18.8. The van der Waals surface area contributed by atoms with Crippen molar-refractivity contribution in [2.24, 2.45) is 10.2 Å². The van der Waals surface area contributed by atoms with Gasteiger partial charge in [0.1, 0.15) is 0 Å². The highest BCUT2D eigenvalue weighted by atomic mass is 32.2. The smallest absolute Gasteiger partial charge is 0.264 e. The first-order valence-electron chi connectivity index (χ1n) is 10.9. The SMILES string of the molecule is Cc1ccc(C2=NN=C(NC(=O)CSc3nc4ccccc4n3C(=O)c3ccccc3)SC2)cc1. The van der Waals surface area contributed by atoms with Crippen molar-refractivity contribution >= 4 is 57.3 Å². The van der Waals surface area contributed by atoms with Gasteiger partial charge in [-0.15, -0.1) is 5.10 Å². The van der Waals surface area contributed by atoms with Crippen LogP contribution in [0.4, 0.5) is 0 Å². The Balaban J connectivity index is 1.29. The lowest BCUT2D eigenvalue weighted by atomic mass is 10.1. The van der Waals surface area contributed by atoms with Crippen LogP contribution in [0, 0.1) is 6.92 Å². The maximum atomic E-state index is 13.2. The Morgan fingerprint density at radius 3 is 2.46 bits per heavy atom. The van der Waals surface area contributed by atoms with Gasteiger partial charge in [0.25, 0.3) is 5.91 Å². The zero-order valence-corrected chi connectivity index (χ0v) is 20.5. The van der Waals surface area contributed by atoms with Gasteiger partial charge in [0.2, 0.25) is 5.91 Å². The molecule has 0 aliphatic carbocycles. The summed E-state index contributed by atoms with van der Waals surface area (Å²) in [6.45, 7) is 2.04. The topological polar surface area (TPSA) is 88.7 Å². The number of carbonyl (C=O) groups is 2. The van der Waals surface area contributed by atoms with Crippen molar-refractivity contribution in [3.05, 3.63) is 95.6 Å². The highest BCUT2D eigenvalue weighted by molar-refractivity contribution is 8.14. The van der Waals surface area contributed by atoms with Gasteiger partial charge in [0.05, 0.1) is 22.5 Å². The molecule has 35 heavy (non-hydrogen) atoms. The summed E-state index contributed by atoms with van der Waals surface area (Å²) in [4.78, 5) is 30.5. The number of para-hydroxylation sites is 2. The van der Waals surface area contributed by atoms with E-state index in [0.29, 0.717) is 32.7 Å². The predicted octanol–water partition coefficient (Wildman–Crippen LogP) is 4.75. The number of fused-ring (bicyclic) bond motifs is 1. The summed E-state index contributed by atoms with van der Waals surface area (Å²) in [5, 5.41) is 12.2. The zero-order chi connectivity index (χ0) is 24.2. The molecule has 1 amide bonds. The molecule has 1 aliphatic rings. The molecule has 7 nitrogen and oxygen atoms in total. The molecule has 0 atom stereocenters. The second kappa shape index (κ2) is 10.3. The number of aromatic nitrogens is 2. The Morgan fingerprint density at radius 2 is 1.71 bits per heavy atom. The van der Waals surface area contributed by atoms with Crippen LogP contribution in [0.1, 0.15) is 21.5 Å². The number of nitrogens with one attached hydrogen (secondary N) is 1. The van der Waals surface area contributed by atoms with Gasteiger partial charge in [0.15, 0.2) is 10.3 Å². The fourth-order valence-corrected chi connectivity index (χ4v) is 5.13. The number of amides is 1. The van der Waals surface area contributed by atoms with Crippen molar-refractivity contribution in [1.29, 1.82) is 0 Å². The van der Waals surface area contributed by atoms with Crippen LogP contribution < -0.4 is 5.32 Å². The van der Waals surface area contributed by atoms with Crippen molar-refractivity contribution in [2.75, 3.05) is 11.5 Å². The minimum Gasteiger partial charge on any atom is -0.303 e. The summed E-state index contributed by atoms with van der Waals surface area (Å²) in [7, 11) is 0. The number of hydrogen-bond acceptors (Lipinski definition) is 7. The van der Waals surface area contributed by atoms with Crippen LogP contribution in [0.3, 0.4) is 0 Å². The Labute approximate surface area is 210 Å². The third-order valence-electron chi connectivity index (χ3n) is 5.32. The highest BCUT2D eigenvalue weighted by Gasteiger charge is 2.20. The van der Waals surface area contributed by atoms with Crippen LogP contribution in [0.5, 0.6) is 0 Å². The number of nitrogens with zero attached hydrogens (tertiary/aromatic N) is 4. The van der Waals surface area contributed by atoms with Gasteiger partial charge < -0.3 is 5.32 Å². The molecule has 174 valence electrons. The van der Waals surface area contributed by atoms with Gasteiger partial charge in [-0.2, -0.15) is 5.10 Å². The summed E-state index contributed by atoms with van der Waals surface area (Å²) in [6, 6.07) is 24.6. The van der Waals surface area contributed by atoms with Gasteiger partial charge in [-0.3, -0.25) is 14.2 Å². The molecule has 3 aromatic carbocycles. The summed E-state index contributed by atoms with van der Waals surface area (Å²) in [5.41, 5.74) is 5.03. The van der Waals surface area contributed by atoms with Gasteiger partial charge in [-0.25, -0.2) is 4.98 Å². The monoisotopic (exact) mass is 499 g/mol. The van der Waals surface area contributed by atoms with E-state index in [2.05, 4.69) is 20.5 Å². The Bertz CT molecular complexity index is 1460. The van der Waals surface area contributed by atoms with Crippen LogP contribution in [0.25, 0.3) is 11.0 Å². The molecular formula is C26H21N5O2S2. The largest absolute Gasteiger partial charge is 0.303 e. The number of imidazole rings is 1. The molecule has 0 fully saturated rings. The molecule has 1 aliphatic heterocycles. The van der Waals surface area contributed by atoms with Crippen molar-refractivity contribution < 1.29 is 9.59 Å². The maximum absolute atomic E-state index is 13.2. The quantitative estimate of drug-likeness (QED) is 0.401. The molecule has 0 saturated carbocycles. The molecule has 0 radical (unpaired) electrons. The molecule has 1 N–H and O–H groups in total. The molecule has 1 aromatic heterocycles. The van der Waals surface area contributed by atoms with Crippen molar-refractivity contribution in [3.63, 3.8) is 0 Å². The molecule has 9 heteroatoms. The van der Waals surface area contributed by atoms with Crippen LogP contribution >= 0.6 is 23.5 Å². The summed E-state index contributed by atoms with van der Waals surface area (Å²) >= 11 is 2.64. The summed E-state index contributed by atoms with van der Waals surface area (Å²) in [6.07, 6.45) is 0. The number of thioether (sulfide) groups is 2. The lowest BCUT2D eigenvalue weighted by Gasteiger charge is -2.13. The number of benzene rings is 3. The number of hydrogen-bond donors (Lipinski definition) is 1. The van der Waals surface area contributed by atoms with Gasteiger partial charge >= 0.3 is 0 Å². The fraction of sp³-hybridized carbons (Fsp3) is 0.115. The van der Waals surface area contributed by atoms with E-state index < -0.39 is 0 Å². The Kier molecular flexibility index (Phi) is 6.78. The third kappa shape index (κ3) is 5.21. The first kappa shape index (κ1) is 23.1. The average molecular weight is 500 g/mol. The maximum Gasteiger partial charge on any atom is 0.264 e. The van der Waals surface area contributed by atoms with E-state index in [9.17, 15) is 9.59 Å². The molecule has 2 heterocycles. The predicted molar refractivity (Wildman–Crippen MR) is 142 cm³/mol. The normalized spacial score (nSPS) is 13.3. The lowest BCUT2D eigenvalue weighted by molar-refractivity contribution is -0.117. The number of rotatable bonds is 5. The van der Waals surface area contributed by atoms with Crippen molar-refractivity contribution in [3.8, 4) is 0 Å². The summed E-state index contributed by atoms with van der Waals surface area (Å²) < 4.78 is 1.56. The van der Waals surface area contributed by atoms with Crippen LogP contribution in [0.15, 0.2) is 94.2 Å². The van der Waals surface area contributed by atoms with E-state index >= 15 is 0 Å². The van der Waals surface area contributed by atoms with E-state index in [-0.39, 0.29) is 17.6 Å². The van der Waals surface area contributed by atoms with Crippen molar-refractivity contribution in [1.82, 2.24) is 14.9 Å². The highest BCUT2D eigenvalue weighted by Crippen LogP contribution is 2.25. The van der Waals surface area contributed by atoms with Gasteiger partial charge in [-0.05, 0) is 36.8 Å². The van der Waals surface area contributed by atoms with Crippen LogP contribution in [-0.2, 0) is 4.79 Å². The van der Waals surface area contributed by atoms with E-state index in [4.69, 9.17) is 0 Å². The number of aryl methyl sites for hydroxylation is 1. The molecule has 0 spiro atoms. The van der Waals surface area contributed by atoms with E-state index in [1.165, 1.54) is 29.1 Å². The molecule has 0 unspecified atom stereocenters. The van der Waals surface area contributed by atoms with Crippen molar-refractivity contribution in [2.45, 2.75) is 12.1 Å². The van der Waals surface area contributed by atoms with E-state index in [1.807, 2.05) is 73.7 Å². The van der Waals surface area contributed by atoms with Gasteiger partial charge in [-0.1, -0.05) is 83.7 Å². The molecule has 0 bridgehead atoms. The molecular weight excluding hydrogens is 478 g/mol. The van der Waals surface area contributed by atoms with Crippen LogP contribution in [-0.4, -0.2) is 43.8 Å². The minimum absolute atomic E-state index is 0.0828. The third-order valence-corrected chi connectivity index (χ3v) is 7.14. The van der Waals surface area contributed by atoms with Gasteiger partial charge in [0, 0.05) is 11.3 Å². The van der Waals surface area contributed by atoms with Crippen LogP contribution in [0.2, 0.25) is 0 Å². The lowest BCUT2D eigenvalue weighted by Crippen LogP contribution is -2.32. The first-order valence-corrected chi connectivity index (χ1v) is 12.9. The first-order chi connectivity index (χ1) is 17.1. The summed E-state index contributed by atoms with van der Waals surface area (Å²) in [5.74, 6) is 0.282. The number of carbonyl (C=O) groups excluding carboxylic acids is 2. The second-order valence-corrected chi connectivity index (χ2v) is 9.74. The number of amidine groups is 1. The minimum atomic E-state index is -0.235. The average Bonchev–Trinajstić information content (AvgIpc) is 3.27. The Hall–Kier alpha value is -3.69. The fourth-order valence-electron chi connectivity index (χ4n) is 3.54. The second-order valence-electron chi connectivity index (χ2n) is 7.83. The molecule has 0 saturated heterocycles. The standard InChI is InChI=1S/C26H21N5O2S2/c1-17-11-13-18(14-12-17)21-15-34-25(30-29-21)28-23(32)16-35-26-27-20-9-5-6-10-22(20)31(26)24(33)19-7-3-2-4-8-19/h2-14H,15-16H2,1H3,(H,28,30,32). The van der Waals surface area contributed by atoms with E-state index in [0.717, 1.165) is 11.3 Å². The molecule has 4 aromatic rings. The van der Waals surface area contributed by atoms with E-state index in [1.54, 1.807) is 16.7 Å².